The van der Waals surface area contributed by atoms with E-state index in [0.29, 0.717) is 23.5 Å². The summed E-state index contributed by atoms with van der Waals surface area (Å²) in [4.78, 5) is 26.3. The van der Waals surface area contributed by atoms with E-state index in [9.17, 15) is 9.59 Å². The molecular weight excluding hydrogens is 420 g/mol. The van der Waals surface area contributed by atoms with Crippen LogP contribution < -0.4 is 0 Å². The third-order valence-electron chi connectivity index (χ3n) is 12.9. The van der Waals surface area contributed by atoms with Crippen molar-refractivity contribution in [3.63, 3.8) is 0 Å². The number of hydrogen-bond acceptors (Lipinski definition) is 3. The molecule has 0 aromatic carbocycles. The minimum absolute atomic E-state index is 0.00629. The van der Waals surface area contributed by atoms with Crippen molar-refractivity contribution in [1.29, 1.82) is 0 Å². The van der Waals surface area contributed by atoms with Crippen LogP contribution in [0.5, 0.6) is 0 Å². The van der Waals surface area contributed by atoms with Crippen LogP contribution in [0.2, 0.25) is 0 Å². The van der Waals surface area contributed by atoms with E-state index in [2.05, 4.69) is 54.5 Å². The number of methoxy groups -OCH3 is 1. The fourth-order valence-electron chi connectivity index (χ4n) is 10.7. The number of fused-ring (bicyclic) bond motifs is 7. The molecule has 5 rings (SSSR count). The van der Waals surface area contributed by atoms with Gasteiger partial charge in [0.15, 0.2) is 0 Å². The first-order chi connectivity index (χ1) is 15.7. The zero-order valence-corrected chi connectivity index (χ0v) is 23.1. The van der Waals surface area contributed by atoms with Gasteiger partial charge in [0.2, 0.25) is 0 Å². The lowest BCUT2D eigenvalue weighted by Gasteiger charge is -2.71. The summed E-state index contributed by atoms with van der Waals surface area (Å²) in [6.07, 6.45) is 13.1. The van der Waals surface area contributed by atoms with Crippen LogP contribution in [-0.2, 0) is 14.3 Å². The maximum absolute atomic E-state index is 13.3. The lowest BCUT2D eigenvalue weighted by molar-refractivity contribution is -0.213. The topological polar surface area (TPSA) is 43.4 Å². The normalized spacial score (nSPS) is 49.0. The molecule has 5 aliphatic carbocycles. The zero-order valence-electron chi connectivity index (χ0n) is 23.1. The Kier molecular flexibility index (Phi) is 5.22. The van der Waals surface area contributed by atoms with E-state index in [-0.39, 0.29) is 33.0 Å². The second-order valence-corrected chi connectivity index (χ2v) is 14.9. The summed E-state index contributed by atoms with van der Waals surface area (Å²) >= 11 is 0. The van der Waals surface area contributed by atoms with Gasteiger partial charge in [0.25, 0.3) is 0 Å². The highest BCUT2D eigenvalue weighted by atomic mass is 16.5. The van der Waals surface area contributed by atoms with Crippen LogP contribution in [0.1, 0.15) is 113 Å². The first-order valence-electron chi connectivity index (χ1n) is 14.0. The quantitative estimate of drug-likeness (QED) is 0.295. The Bertz CT molecular complexity index is 942. The highest BCUT2D eigenvalue weighted by Gasteiger charge is 2.69. The van der Waals surface area contributed by atoms with Crippen LogP contribution in [0.15, 0.2) is 11.6 Å². The molecule has 0 aromatic rings. The average Bonchev–Trinajstić information content (AvgIpc) is 2.76. The monoisotopic (exact) mass is 468 g/mol. The van der Waals surface area contributed by atoms with Gasteiger partial charge in [0, 0.05) is 11.8 Å². The Morgan fingerprint density at radius 2 is 1.50 bits per heavy atom. The van der Waals surface area contributed by atoms with Gasteiger partial charge in [-0.3, -0.25) is 9.59 Å². The molecule has 7 atom stereocenters. The van der Waals surface area contributed by atoms with E-state index in [4.69, 9.17) is 4.74 Å². The van der Waals surface area contributed by atoms with E-state index in [1.54, 1.807) is 7.11 Å². The number of esters is 1. The Morgan fingerprint density at radius 3 is 2.18 bits per heavy atom. The molecule has 0 radical (unpaired) electrons. The van der Waals surface area contributed by atoms with Crippen molar-refractivity contribution < 1.29 is 14.3 Å². The fraction of sp³-hybridized carbons (Fsp3) is 0.871. The van der Waals surface area contributed by atoms with Crippen LogP contribution in [0.25, 0.3) is 0 Å². The van der Waals surface area contributed by atoms with Gasteiger partial charge >= 0.3 is 5.97 Å². The van der Waals surface area contributed by atoms with Crippen LogP contribution in [0, 0.1) is 50.2 Å². The van der Waals surface area contributed by atoms with Gasteiger partial charge in [0.1, 0.15) is 5.78 Å². The highest BCUT2D eigenvalue weighted by molar-refractivity contribution is 5.85. The number of ketones is 1. The molecule has 0 bridgehead atoms. The van der Waals surface area contributed by atoms with E-state index < -0.39 is 5.41 Å². The smallest absolute Gasteiger partial charge is 0.315 e. The van der Waals surface area contributed by atoms with Crippen molar-refractivity contribution in [3.8, 4) is 0 Å². The average molecular weight is 469 g/mol. The van der Waals surface area contributed by atoms with E-state index in [0.717, 1.165) is 44.9 Å². The summed E-state index contributed by atoms with van der Waals surface area (Å²) in [6.45, 7) is 16.9. The molecule has 0 spiro atoms. The number of ether oxygens (including phenoxy) is 1. The minimum atomic E-state index is -0.405. The molecule has 0 N–H and O–H groups in total. The molecule has 4 fully saturated rings. The minimum Gasteiger partial charge on any atom is -0.468 e. The van der Waals surface area contributed by atoms with Gasteiger partial charge in [0.05, 0.1) is 12.5 Å². The number of carbonyl (C=O) groups excluding carboxylic acids is 2. The molecule has 5 aliphatic rings. The van der Waals surface area contributed by atoms with Crippen molar-refractivity contribution in [2.24, 2.45) is 50.2 Å². The molecule has 0 aliphatic heterocycles. The second kappa shape index (κ2) is 7.22. The van der Waals surface area contributed by atoms with Crippen LogP contribution in [0.4, 0.5) is 0 Å². The molecule has 3 heteroatoms. The van der Waals surface area contributed by atoms with E-state index in [1.807, 2.05) is 0 Å². The molecule has 4 saturated carbocycles. The third-order valence-corrected chi connectivity index (χ3v) is 12.9. The molecule has 0 heterocycles. The van der Waals surface area contributed by atoms with Gasteiger partial charge in [-0.1, -0.05) is 60.1 Å². The Morgan fingerprint density at radius 1 is 0.824 bits per heavy atom. The predicted octanol–water partition coefficient (Wildman–Crippen LogP) is 7.53. The second-order valence-electron chi connectivity index (χ2n) is 14.9. The molecule has 3 nitrogen and oxygen atoms in total. The lowest BCUT2D eigenvalue weighted by Crippen LogP contribution is -2.65. The van der Waals surface area contributed by atoms with Gasteiger partial charge < -0.3 is 4.74 Å². The van der Waals surface area contributed by atoms with Crippen molar-refractivity contribution in [1.82, 2.24) is 0 Å². The first-order valence-corrected chi connectivity index (χ1v) is 14.0. The van der Waals surface area contributed by atoms with E-state index in [1.165, 1.54) is 24.8 Å². The number of carbonyl (C=O) groups is 2. The van der Waals surface area contributed by atoms with Crippen LogP contribution >= 0.6 is 0 Å². The number of Topliss-reactive ketones (excluding diaryl/α,β-unsaturated/α-hetero) is 1. The molecule has 3 unspecified atom stereocenters. The number of rotatable bonds is 1. The fourth-order valence-corrected chi connectivity index (χ4v) is 10.7. The zero-order chi connectivity index (χ0) is 24.9. The van der Waals surface area contributed by atoms with Crippen LogP contribution in [-0.4, -0.2) is 18.9 Å². The van der Waals surface area contributed by atoms with Crippen molar-refractivity contribution in [3.05, 3.63) is 11.6 Å². The largest absolute Gasteiger partial charge is 0.468 e. The maximum atomic E-state index is 13.3. The van der Waals surface area contributed by atoms with Gasteiger partial charge in [-0.2, -0.15) is 0 Å². The predicted molar refractivity (Wildman–Crippen MR) is 136 cm³/mol. The molecule has 190 valence electrons. The summed E-state index contributed by atoms with van der Waals surface area (Å²) in [7, 11) is 1.58. The van der Waals surface area contributed by atoms with Gasteiger partial charge in [-0.25, -0.2) is 0 Å². The van der Waals surface area contributed by atoms with Gasteiger partial charge in [-0.05, 0) is 97.2 Å². The molecule has 0 amide bonds. The Hall–Kier alpha value is -1.12. The SMILES string of the molecule is COC(=O)[C@]12CCC(C)(C)C=C1C1CCC3[C@@]4(C)CCC(=O)C(C)(C)C4CC[C@@]3(C)[C@]1(C)CC2. The number of hydrogen-bond donors (Lipinski definition) is 0. The first kappa shape index (κ1) is 24.6. The van der Waals surface area contributed by atoms with E-state index >= 15 is 0 Å². The maximum Gasteiger partial charge on any atom is 0.315 e. The van der Waals surface area contributed by atoms with Crippen molar-refractivity contribution in [2.45, 2.75) is 113 Å². The highest BCUT2D eigenvalue weighted by Crippen LogP contribution is 2.76. The Labute approximate surface area is 207 Å². The summed E-state index contributed by atoms with van der Waals surface area (Å²) in [5.74, 6) is 2.08. The summed E-state index contributed by atoms with van der Waals surface area (Å²) in [5.41, 5.74) is 1.62. The summed E-state index contributed by atoms with van der Waals surface area (Å²) in [5, 5.41) is 0. The Balaban J connectivity index is 1.59. The molecule has 34 heavy (non-hydrogen) atoms. The van der Waals surface area contributed by atoms with Crippen LogP contribution in [0.3, 0.4) is 0 Å². The molecule has 0 aromatic heterocycles. The molecule has 0 saturated heterocycles. The summed E-state index contributed by atoms with van der Waals surface area (Å²) in [6, 6.07) is 0. The standard InChI is InChI=1S/C31H48O3/c1-26(2)15-17-31(25(33)34-8)18-16-29(6)20(21(31)19-26)9-10-23-28(5)13-12-24(32)27(3,4)22(28)11-14-30(23,29)7/h19-20,22-23H,9-18H2,1-8H3/t20?,22?,23?,28-,29+,30+,31-/m0/s1. The van der Waals surface area contributed by atoms with Gasteiger partial charge in [-0.15, -0.1) is 0 Å². The summed E-state index contributed by atoms with van der Waals surface area (Å²) < 4.78 is 5.47. The number of allylic oxidation sites excluding steroid dienone is 1. The van der Waals surface area contributed by atoms with Crippen molar-refractivity contribution >= 4 is 11.8 Å². The third kappa shape index (κ3) is 2.88. The lowest BCUT2D eigenvalue weighted by atomic mass is 9.32. The molecular formula is C31H48O3. The van der Waals surface area contributed by atoms with Crippen molar-refractivity contribution in [2.75, 3.05) is 7.11 Å².